The first-order chi connectivity index (χ1) is 6.60. The summed E-state index contributed by atoms with van der Waals surface area (Å²) in [4.78, 5) is 11.1. The van der Waals surface area contributed by atoms with E-state index in [1.165, 1.54) is 7.11 Å². The van der Waals surface area contributed by atoms with Crippen LogP contribution in [0.15, 0.2) is 0 Å². The van der Waals surface area contributed by atoms with E-state index in [0.717, 1.165) is 17.0 Å². The lowest BCUT2D eigenvalue weighted by Crippen LogP contribution is -2.14. The van der Waals surface area contributed by atoms with Crippen molar-refractivity contribution < 1.29 is 9.53 Å². The number of hydrogen-bond donors (Lipinski definition) is 0. The van der Waals surface area contributed by atoms with Gasteiger partial charge in [0.15, 0.2) is 0 Å². The van der Waals surface area contributed by atoms with Crippen molar-refractivity contribution >= 4 is 21.9 Å². The van der Waals surface area contributed by atoms with Crippen LogP contribution in [0.4, 0.5) is 0 Å². The molecule has 0 bridgehead atoms. The smallest absolute Gasteiger partial charge is 0.327 e. The van der Waals surface area contributed by atoms with Crippen LogP contribution in [0.3, 0.4) is 0 Å². The van der Waals surface area contributed by atoms with Gasteiger partial charge in [-0.15, -0.1) is 0 Å². The third-order valence-electron chi connectivity index (χ3n) is 2.19. The summed E-state index contributed by atoms with van der Waals surface area (Å²) >= 11 is 3.37. The third-order valence-corrected chi connectivity index (χ3v) is 2.72. The summed E-state index contributed by atoms with van der Waals surface area (Å²) in [5.41, 5.74) is 3.09. The average molecular weight is 261 g/mol. The Morgan fingerprint density at radius 3 is 2.71 bits per heavy atom. The summed E-state index contributed by atoms with van der Waals surface area (Å²) in [6.45, 7) is 4.09. The van der Waals surface area contributed by atoms with Crippen LogP contribution < -0.4 is 0 Å². The van der Waals surface area contributed by atoms with Gasteiger partial charge in [-0.2, -0.15) is 5.10 Å². The highest BCUT2D eigenvalue weighted by Gasteiger charge is 2.12. The Bertz CT molecular complexity index is 347. The largest absolute Gasteiger partial charge is 0.468 e. The van der Waals surface area contributed by atoms with E-state index in [1.54, 1.807) is 4.68 Å². The number of ether oxygens (including phenoxy) is 1. The molecule has 0 aromatic carbocycles. The second-order valence-corrected chi connectivity index (χ2v) is 3.59. The fourth-order valence-corrected chi connectivity index (χ4v) is 1.92. The molecule has 0 spiro atoms. The van der Waals surface area contributed by atoms with Crippen molar-refractivity contribution in [3.8, 4) is 0 Å². The van der Waals surface area contributed by atoms with E-state index in [4.69, 9.17) is 0 Å². The number of methoxy groups -OCH3 is 1. The van der Waals surface area contributed by atoms with Crippen LogP contribution in [0.2, 0.25) is 0 Å². The maximum Gasteiger partial charge on any atom is 0.327 e. The SMILES string of the molecule is COC(=O)Cn1nc(C)c(C)c1CBr. The van der Waals surface area contributed by atoms with E-state index < -0.39 is 0 Å². The maximum atomic E-state index is 11.1. The normalized spacial score (nSPS) is 10.3. The zero-order valence-electron chi connectivity index (χ0n) is 8.50. The molecule has 1 rings (SSSR count). The van der Waals surface area contributed by atoms with Gasteiger partial charge in [-0.25, -0.2) is 0 Å². The van der Waals surface area contributed by atoms with Gasteiger partial charge in [0.25, 0.3) is 0 Å². The molecular formula is C9H13BrN2O2. The first kappa shape index (κ1) is 11.2. The van der Waals surface area contributed by atoms with E-state index in [0.29, 0.717) is 5.33 Å². The number of aryl methyl sites for hydroxylation is 1. The predicted octanol–water partition coefficient (Wildman–Crippen LogP) is 1.57. The number of rotatable bonds is 3. The van der Waals surface area contributed by atoms with Gasteiger partial charge in [0.1, 0.15) is 6.54 Å². The molecule has 0 unspecified atom stereocenters. The van der Waals surface area contributed by atoms with Crippen molar-refractivity contribution in [1.29, 1.82) is 0 Å². The van der Waals surface area contributed by atoms with Gasteiger partial charge >= 0.3 is 5.97 Å². The summed E-state index contributed by atoms with van der Waals surface area (Å²) in [7, 11) is 1.37. The van der Waals surface area contributed by atoms with Crippen LogP contribution in [0, 0.1) is 13.8 Å². The van der Waals surface area contributed by atoms with Gasteiger partial charge in [0.2, 0.25) is 0 Å². The van der Waals surface area contributed by atoms with E-state index in [9.17, 15) is 4.79 Å². The lowest BCUT2D eigenvalue weighted by molar-refractivity contribution is -0.141. The molecular weight excluding hydrogens is 248 g/mol. The van der Waals surface area contributed by atoms with Crippen molar-refractivity contribution in [2.45, 2.75) is 25.7 Å². The minimum atomic E-state index is -0.283. The van der Waals surface area contributed by atoms with E-state index >= 15 is 0 Å². The summed E-state index contributed by atoms with van der Waals surface area (Å²) < 4.78 is 6.26. The Balaban J connectivity index is 2.96. The van der Waals surface area contributed by atoms with E-state index in [1.807, 2.05) is 13.8 Å². The van der Waals surface area contributed by atoms with Gasteiger partial charge in [-0.05, 0) is 19.4 Å². The van der Waals surface area contributed by atoms with Crippen LogP contribution in [-0.2, 0) is 21.4 Å². The molecule has 1 aromatic rings. The molecule has 0 atom stereocenters. The maximum absolute atomic E-state index is 11.1. The number of hydrogen-bond acceptors (Lipinski definition) is 3. The standard InChI is InChI=1S/C9H13BrN2O2/c1-6-7(2)11-12(8(6)4-10)5-9(13)14-3/h4-5H2,1-3H3. The highest BCUT2D eigenvalue weighted by molar-refractivity contribution is 9.08. The summed E-state index contributed by atoms with van der Waals surface area (Å²) in [6.07, 6.45) is 0. The van der Waals surface area contributed by atoms with Crippen LogP contribution in [0.5, 0.6) is 0 Å². The number of carbonyl (C=O) groups excluding carboxylic acids is 1. The Labute approximate surface area is 91.4 Å². The van der Waals surface area contributed by atoms with E-state index in [-0.39, 0.29) is 12.5 Å². The Hall–Kier alpha value is -0.840. The molecule has 0 N–H and O–H groups in total. The zero-order chi connectivity index (χ0) is 10.7. The molecule has 0 aliphatic heterocycles. The Morgan fingerprint density at radius 1 is 1.57 bits per heavy atom. The molecule has 0 fully saturated rings. The Morgan fingerprint density at radius 2 is 2.21 bits per heavy atom. The van der Waals surface area contributed by atoms with Crippen molar-refractivity contribution in [2.24, 2.45) is 0 Å². The number of carbonyl (C=O) groups is 1. The third kappa shape index (κ3) is 2.15. The van der Waals surface area contributed by atoms with Crippen LogP contribution in [-0.4, -0.2) is 22.9 Å². The number of esters is 1. The number of alkyl halides is 1. The molecule has 0 aliphatic rings. The van der Waals surface area contributed by atoms with Crippen molar-refractivity contribution in [2.75, 3.05) is 7.11 Å². The molecule has 14 heavy (non-hydrogen) atoms. The van der Waals surface area contributed by atoms with Crippen LogP contribution >= 0.6 is 15.9 Å². The minimum absolute atomic E-state index is 0.173. The molecule has 78 valence electrons. The minimum Gasteiger partial charge on any atom is -0.468 e. The van der Waals surface area contributed by atoms with Crippen LogP contribution in [0.1, 0.15) is 17.0 Å². The lowest BCUT2D eigenvalue weighted by Gasteiger charge is -2.03. The number of halogens is 1. The molecule has 4 nitrogen and oxygen atoms in total. The quantitative estimate of drug-likeness (QED) is 0.612. The predicted molar refractivity (Wildman–Crippen MR) is 56.3 cm³/mol. The van der Waals surface area contributed by atoms with Crippen molar-refractivity contribution in [1.82, 2.24) is 9.78 Å². The van der Waals surface area contributed by atoms with Gasteiger partial charge in [-0.1, -0.05) is 15.9 Å². The fourth-order valence-electron chi connectivity index (χ4n) is 1.21. The topological polar surface area (TPSA) is 44.1 Å². The second-order valence-electron chi connectivity index (χ2n) is 3.02. The summed E-state index contributed by atoms with van der Waals surface area (Å²) in [6, 6.07) is 0. The fraction of sp³-hybridized carbons (Fsp3) is 0.556. The first-order valence-electron chi connectivity index (χ1n) is 4.25. The highest BCUT2D eigenvalue weighted by atomic mass is 79.9. The average Bonchev–Trinajstić information content (AvgIpc) is 2.42. The number of nitrogens with zero attached hydrogens (tertiary/aromatic N) is 2. The Kier molecular flexibility index (Phi) is 3.69. The zero-order valence-corrected chi connectivity index (χ0v) is 10.1. The second kappa shape index (κ2) is 4.59. The molecule has 0 saturated carbocycles. The van der Waals surface area contributed by atoms with Gasteiger partial charge in [0.05, 0.1) is 18.5 Å². The van der Waals surface area contributed by atoms with Gasteiger partial charge < -0.3 is 4.74 Å². The molecule has 1 aromatic heterocycles. The molecule has 1 heterocycles. The van der Waals surface area contributed by atoms with Gasteiger partial charge in [-0.3, -0.25) is 9.48 Å². The highest BCUT2D eigenvalue weighted by Crippen LogP contribution is 2.15. The molecule has 0 saturated heterocycles. The molecule has 0 amide bonds. The molecule has 5 heteroatoms. The van der Waals surface area contributed by atoms with Crippen molar-refractivity contribution in [3.05, 3.63) is 17.0 Å². The monoisotopic (exact) mass is 260 g/mol. The number of aromatic nitrogens is 2. The van der Waals surface area contributed by atoms with Crippen LogP contribution in [0.25, 0.3) is 0 Å². The van der Waals surface area contributed by atoms with Crippen molar-refractivity contribution in [3.63, 3.8) is 0 Å². The molecule has 0 radical (unpaired) electrons. The lowest BCUT2D eigenvalue weighted by atomic mass is 10.2. The first-order valence-corrected chi connectivity index (χ1v) is 5.38. The summed E-state index contributed by atoms with van der Waals surface area (Å²) in [5, 5.41) is 4.95. The summed E-state index contributed by atoms with van der Waals surface area (Å²) in [5.74, 6) is -0.283. The van der Waals surface area contributed by atoms with E-state index in [2.05, 4.69) is 25.8 Å². The van der Waals surface area contributed by atoms with Gasteiger partial charge in [0, 0.05) is 5.33 Å². The molecule has 0 aliphatic carbocycles.